The molecule has 1 N–H and O–H groups in total. The molecule has 0 bridgehead atoms. The molecule has 0 amide bonds. The summed E-state index contributed by atoms with van der Waals surface area (Å²) in [4.78, 5) is 22.0. The maximum Gasteiger partial charge on any atom is 0.296 e. The van der Waals surface area contributed by atoms with Crippen molar-refractivity contribution in [1.29, 1.82) is 0 Å². The van der Waals surface area contributed by atoms with E-state index in [4.69, 9.17) is 23.8 Å². The number of aromatic nitrogens is 3. The first-order valence-corrected chi connectivity index (χ1v) is 6.35. The van der Waals surface area contributed by atoms with E-state index < -0.39 is 10.5 Å². The number of H-pyrrole nitrogens is 1. The van der Waals surface area contributed by atoms with Gasteiger partial charge in [-0.25, -0.2) is 0 Å². The van der Waals surface area contributed by atoms with Gasteiger partial charge in [0.15, 0.2) is 0 Å². The van der Waals surface area contributed by atoms with Gasteiger partial charge in [-0.1, -0.05) is 11.6 Å². The van der Waals surface area contributed by atoms with Gasteiger partial charge in [0.25, 0.3) is 11.2 Å². The Bertz CT molecular complexity index is 858. The fourth-order valence-electron chi connectivity index (χ4n) is 1.44. The summed E-state index contributed by atoms with van der Waals surface area (Å²) in [5, 5.41) is 21.0. The Morgan fingerprint density at radius 3 is 2.95 bits per heavy atom. The summed E-state index contributed by atoms with van der Waals surface area (Å²) in [5.74, 6) is 0. The third-order valence-electron chi connectivity index (χ3n) is 2.52. The molecule has 8 nitrogen and oxygen atoms in total. The van der Waals surface area contributed by atoms with Gasteiger partial charge in [0, 0.05) is 22.7 Å². The zero-order chi connectivity index (χ0) is 15.6. The Morgan fingerprint density at radius 1 is 1.57 bits per heavy atom. The Balaban J connectivity index is 2.50. The first-order valence-electron chi connectivity index (χ1n) is 5.57. The van der Waals surface area contributed by atoms with Crippen LogP contribution in [0.3, 0.4) is 0 Å². The molecule has 1 aromatic carbocycles. The van der Waals surface area contributed by atoms with Crippen molar-refractivity contribution in [2.24, 2.45) is 5.10 Å². The largest absolute Gasteiger partial charge is 0.296 e. The van der Waals surface area contributed by atoms with Gasteiger partial charge in [-0.15, -0.1) is 0 Å². The van der Waals surface area contributed by atoms with Crippen LogP contribution >= 0.6 is 23.8 Å². The lowest BCUT2D eigenvalue weighted by Crippen LogP contribution is -2.22. The topological polar surface area (TPSA) is 106 Å². The van der Waals surface area contributed by atoms with E-state index in [2.05, 4.69) is 15.3 Å². The number of aromatic amines is 1. The van der Waals surface area contributed by atoms with Crippen molar-refractivity contribution < 1.29 is 4.92 Å². The zero-order valence-electron chi connectivity index (χ0n) is 10.6. The van der Waals surface area contributed by atoms with Crippen LogP contribution in [0.4, 0.5) is 5.69 Å². The summed E-state index contributed by atoms with van der Waals surface area (Å²) >= 11 is 10.8. The van der Waals surface area contributed by atoms with E-state index in [1.54, 1.807) is 0 Å². The third-order valence-corrected chi connectivity index (χ3v) is 3.12. The molecule has 0 aliphatic rings. The molecule has 0 radical (unpaired) electrons. The number of aryl methyl sites for hydroxylation is 1. The second-order valence-corrected chi connectivity index (χ2v) is 4.73. The molecule has 0 unspecified atom stereocenters. The molecule has 0 fully saturated rings. The summed E-state index contributed by atoms with van der Waals surface area (Å²) < 4.78 is 0.927. The van der Waals surface area contributed by atoms with Crippen LogP contribution in [-0.2, 0) is 0 Å². The minimum Gasteiger partial charge on any atom is -0.265 e. The standard InChI is InChI=1S/C11H8ClN5O3S/c1-6-10(18)16(11(21)15-14-6)13-5-7-4-8(17(19)20)2-3-9(7)12/h2-5H,1H3,(H,15,21)/b13-5-. The van der Waals surface area contributed by atoms with E-state index in [-0.39, 0.29) is 21.2 Å². The molecule has 10 heteroatoms. The molecule has 1 heterocycles. The number of nitrogens with one attached hydrogen (secondary N) is 1. The Hall–Kier alpha value is -2.39. The van der Waals surface area contributed by atoms with Crippen LogP contribution < -0.4 is 5.56 Å². The number of hydrogen-bond donors (Lipinski definition) is 1. The summed E-state index contributed by atoms with van der Waals surface area (Å²) in [6.45, 7) is 1.50. The van der Waals surface area contributed by atoms with Gasteiger partial charge in [-0.3, -0.25) is 20.0 Å². The third kappa shape index (κ3) is 3.20. The second-order valence-electron chi connectivity index (χ2n) is 3.94. The van der Waals surface area contributed by atoms with Gasteiger partial charge >= 0.3 is 0 Å². The smallest absolute Gasteiger partial charge is 0.265 e. The summed E-state index contributed by atoms with van der Waals surface area (Å²) in [5.41, 5.74) is -0.145. The summed E-state index contributed by atoms with van der Waals surface area (Å²) in [7, 11) is 0. The maximum absolute atomic E-state index is 11.8. The van der Waals surface area contributed by atoms with E-state index in [9.17, 15) is 14.9 Å². The molecule has 2 rings (SSSR count). The molecule has 0 aliphatic carbocycles. The first kappa shape index (κ1) is 15.0. The number of nitro benzene ring substituents is 1. The zero-order valence-corrected chi connectivity index (χ0v) is 12.2. The van der Waals surface area contributed by atoms with E-state index in [0.717, 1.165) is 4.68 Å². The minimum atomic E-state index is -0.553. The van der Waals surface area contributed by atoms with Crippen molar-refractivity contribution in [1.82, 2.24) is 14.9 Å². The lowest BCUT2D eigenvalue weighted by Gasteiger charge is -2.00. The molecular formula is C11H8ClN5O3S. The van der Waals surface area contributed by atoms with E-state index in [1.807, 2.05) is 0 Å². The van der Waals surface area contributed by atoms with E-state index in [0.29, 0.717) is 5.56 Å². The van der Waals surface area contributed by atoms with Crippen LogP contribution in [0.5, 0.6) is 0 Å². The lowest BCUT2D eigenvalue weighted by atomic mass is 10.2. The Morgan fingerprint density at radius 2 is 2.29 bits per heavy atom. The van der Waals surface area contributed by atoms with E-state index >= 15 is 0 Å². The molecular weight excluding hydrogens is 318 g/mol. The fourth-order valence-corrected chi connectivity index (χ4v) is 1.78. The summed E-state index contributed by atoms with van der Waals surface area (Å²) in [6, 6.07) is 3.90. The van der Waals surface area contributed by atoms with Crippen LogP contribution in [0.25, 0.3) is 0 Å². The average Bonchev–Trinajstić information content (AvgIpc) is 2.44. The number of nitro groups is 1. The number of rotatable bonds is 3. The van der Waals surface area contributed by atoms with Gasteiger partial charge in [0.05, 0.1) is 11.1 Å². The molecule has 0 saturated carbocycles. The van der Waals surface area contributed by atoms with Gasteiger partial charge in [0.1, 0.15) is 5.69 Å². The van der Waals surface area contributed by atoms with Crippen molar-refractivity contribution in [2.75, 3.05) is 0 Å². The predicted octanol–water partition coefficient (Wildman–Crippen LogP) is 2.05. The lowest BCUT2D eigenvalue weighted by molar-refractivity contribution is -0.384. The van der Waals surface area contributed by atoms with Gasteiger partial charge in [-0.2, -0.15) is 14.9 Å². The van der Waals surface area contributed by atoms with Crippen molar-refractivity contribution in [3.63, 3.8) is 0 Å². The SMILES string of the molecule is Cc1n[nH]c(=S)n(/N=C\c2cc([N+](=O)[O-])ccc2Cl)c1=O. The highest BCUT2D eigenvalue weighted by molar-refractivity contribution is 7.71. The molecule has 0 atom stereocenters. The van der Waals surface area contributed by atoms with Crippen LogP contribution in [-0.4, -0.2) is 26.0 Å². The van der Waals surface area contributed by atoms with Crippen molar-refractivity contribution in [3.8, 4) is 0 Å². The second kappa shape index (κ2) is 5.94. The van der Waals surface area contributed by atoms with Crippen LogP contribution in [0, 0.1) is 21.8 Å². The Labute approximate surface area is 127 Å². The molecule has 0 spiro atoms. The molecule has 2 aromatic rings. The maximum atomic E-state index is 11.8. The van der Waals surface area contributed by atoms with Crippen molar-refractivity contribution in [2.45, 2.75) is 6.92 Å². The molecule has 0 saturated heterocycles. The molecule has 21 heavy (non-hydrogen) atoms. The minimum absolute atomic E-state index is 0.00315. The number of halogens is 1. The van der Waals surface area contributed by atoms with Crippen molar-refractivity contribution in [3.05, 3.63) is 59.7 Å². The summed E-state index contributed by atoms with van der Waals surface area (Å²) in [6.07, 6.45) is 1.22. The normalized spacial score (nSPS) is 11.0. The fraction of sp³-hybridized carbons (Fsp3) is 0.0909. The molecule has 1 aromatic heterocycles. The number of benzene rings is 1. The Kier molecular flexibility index (Phi) is 4.24. The monoisotopic (exact) mass is 325 g/mol. The number of hydrogen-bond acceptors (Lipinski definition) is 6. The van der Waals surface area contributed by atoms with Crippen LogP contribution in [0.1, 0.15) is 11.3 Å². The number of non-ortho nitro benzene ring substituents is 1. The van der Waals surface area contributed by atoms with Crippen LogP contribution in [0.2, 0.25) is 5.02 Å². The highest BCUT2D eigenvalue weighted by Crippen LogP contribution is 2.20. The number of nitrogens with zero attached hydrogens (tertiary/aromatic N) is 4. The van der Waals surface area contributed by atoms with E-state index in [1.165, 1.54) is 31.3 Å². The van der Waals surface area contributed by atoms with Crippen molar-refractivity contribution >= 4 is 35.7 Å². The van der Waals surface area contributed by atoms with Gasteiger partial charge < -0.3 is 0 Å². The first-order chi connectivity index (χ1) is 9.90. The average molecular weight is 326 g/mol. The highest BCUT2D eigenvalue weighted by Gasteiger charge is 2.08. The highest BCUT2D eigenvalue weighted by atomic mass is 35.5. The van der Waals surface area contributed by atoms with Gasteiger partial charge in [0.2, 0.25) is 4.77 Å². The predicted molar refractivity (Wildman–Crippen MR) is 79.5 cm³/mol. The molecule has 0 aliphatic heterocycles. The van der Waals surface area contributed by atoms with Gasteiger partial charge in [-0.05, 0) is 25.2 Å². The molecule has 108 valence electrons. The van der Waals surface area contributed by atoms with Crippen LogP contribution in [0.15, 0.2) is 28.1 Å². The quantitative estimate of drug-likeness (QED) is 0.402.